The van der Waals surface area contributed by atoms with E-state index in [4.69, 9.17) is 23.2 Å². The van der Waals surface area contributed by atoms with Crippen LogP contribution in [-0.2, 0) is 9.53 Å². The van der Waals surface area contributed by atoms with E-state index in [1.807, 2.05) is 11.5 Å². The Bertz CT molecular complexity index is 269. The van der Waals surface area contributed by atoms with Crippen LogP contribution in [0.4, 0.5) is 0 Å². The molecule has 0 aliphatic carbocycles. The smallest absolute Gasteiger partial charge is 0.343 e. The number of rotatable bonds is 3. The summed E-state index contributed by atoms with van der Waals surface area (Å²) < 4.78 is 4.65. The average molecular weight is 241 g/mol. The fourth-order valence-corrected chi connectivity index (χ4v) is 4.61. The first-order valence-electron chi connectivity index (χ1n) is 3.57. The molecule has 0 unspecified atom stereocenters. The molecule has 1 aliphatic heterocycles. The zero-order valence-corrected chi connectivity index (χ0v) is 9.46. The maximum Gasteiger partial charge on any atom is 0.343 e. The van der Waals surface area contributed by atoms with E-state index in [-0.39, 0.29) is 5.97 Å². The summed E-state index contributed by atoms with van der Waals surface area (Å²) in [6.45, 7) is 0. The van der Waals surface area contributed by atoms with Crippen LogP contribution >= 0.6 is 33.2 Å². The summed E-state index contributed by atoms with van der Waals surface area (Å²) in [7, 11) is -0.0970. The van der Waals surface area contributed by atoms with Crippen LogP contribution in [0.2, 0.25) is 0 Å². The summed E-state index contributed by atoms with van der Waals surface area (Å²) in [5.74, 6) is -0.332. The lowest BCUT2D eigenvalue weighted by Crippen LogP contribution is -2.11. The van der Waals surface area contributed by atoms with E-state index in [0.29, 0.717) is 15.3 Å². The number of hydrogen-bond acceptors (Lipinski definition) is 2. The fraction of sp³-hybridized carbons (Fsp3) is 0.375. The van der Waals surface area contributed by atoms with Gasteiger partial charge in [-0.2, -0.15) is 10.0 Å². The first kappa shape index (κ1) is 11.0. The van der Waals surface area contributed by atoms with Crippen molar-refractivity contribution in [2.24, 2.45) is 0 Å². The van der Waals surface area contributed by atoms with Gasteiger partial charge >= 0.3 is 5.97 Å². The molecular weight excluding hydrogens is 231 g/mol. The molecule has 0 aromatic heterocycles. The van der Waals surface area contributed by atoms with Gasteiger partial charge in [0.25, 0.3) is 0 Å². The summed E-state index contributed by atoms with van der Waals surface area (Å²) >= 11 is 11.6. The van der Waals surface area contributed by atoms with Gasteiger partial charge in [0.05, 0.1) is 22.4 Å². The minimum atomic E-state index is -1.45. The van der Waals surface area contributed by atoms with Gasteiger partial charge in [0.15, 0.2) is 0 Å². The molecule has 5 heteroatoms. The highest BCUT2D eigenvalue weighted by atomic mass is 35.5. The zero-order valence-electron chi connectivity index (χ0n) is 7.13. The number of halogens is 2. The number of ether oxygens (including phenoxy) is 1. The van der Waals surface area contributed by atoms with Crippen molar-refractivity contribution >= 4 is 39.2 Å². The SMILES string of the molecule is COC(=O)C1=CC=CS1(CCl)CCl. The molecule has 0 saturated carbocycles. The van der Waals surface area contributed by atoms with Crippen LogP contribution in [0, 0.1) is 0 Å². The predicted molar refractivity (Wildman–Crippen MR) is 58.3 cm³/mol. The van der Waals surface area contributed by atoms with Crippen LogP contribution in [0.1, 0.15) is 0 Å². The Balaban J connectivity index is 2.94. The summed E-state index contributed by atoms with van der Waals surface area (Å²) in [6.07, 6.45) is 3.54. The molecule has 0 saturated heterocycles. The van der Waals surface area contributed by atoms with Crippen LogP contribution in [-0.4, -0.2) is 23.5 Å². The summed E-state index contributed by atoms with van der Waals surface area (Å²) in [5.41, 5.74) is 0. The summed E-state index contributed by atoms with van der Waals surface area (Å²) in [4.78, 5) is 11.9. The molecule has 0 fully saturated rings. The fourth-order valence-electron chi connectivity index (χ4n) is 1.04. The van der Waals surface area contributed by atoms with E-state index >= 15 is 0 Å². The maximum absolute atomic E-state index is 11.3. The molecule has 0 N–H and O–H groups in total. The predicted octanol–water partition coefficient (Wildman–Crippen LogP) is 2.77. The lowest BCUT2D eigenvalue weighted by atomic mass is 10.5. The Hall–Kier alpha value is -0.120. The molecule has 0 aromatic carbocycles. The standard InChI is InChI=1S/C8H10Cl2O2S/c1-12-8(11)7-3-2-4-13(7,5-9)6-10/h2-4H,5-6H2,1H3. The maximum atomic E-state index is 11.3. The Morgan fingerprint density at radius 2 is 2.15 bits per heavy atom. The minimum Gasteiger partial charge on any atom is -0.465 e. The number of carbonyl (C=O) groups excluding carboxylic acids is 1. The van der Waals surface area contributed by atoms with Gasteiger partial charge in [-0.1, -0.05) is 6.08 Å². The molecule has 0 atom stereocenters. The third-order valence-corrected chi connectivity index (χ3v) is 6.77. The molecule has 74 valence electrons. The number of esters is 1. The van der Waals surface area contributed by atoms with Crippen LogP contribution < -0.4 is 0 Å². The van der Waals surface area contributed by atoms with Crippen molar-refractivity contribution in [1.29, 1.82) is 0 Å². The second-order valence-corrected chi connectivity index (χ2v) is 6.86. The van der Waals surface area contributed by atoms with Crippen LogP contribution in [0.5, 0.6) is 0 Å². The molecule has 1 aliphatic rings. The highest BCUT2D eigenvalue weighted by Gasteiger charge is 2.32. The topological polar surface area (TPSA) is 26.3 Å². The van der Waals surface area contributed by atoms with Gasteiger partial charge in [0.1, 0.15) is 0 Å². The van der Waals surface area contributed by atoms with E-state index in [2.05, 4.69) is 4.74 Å². The normalized spacial score (nSPS) is 21.0. The van der Waals surface area contributed by atoms with E-state index < -0.39 is 10.0 Å². The minimum absolute atomic E-state index is 0.332. The second kappa shape index (κ2) is 4.40. The van der Waals surface area contributed by atoms with Crippen molar-refractivity contribution in [3.05, 3.63) is 22.5 Å². The summed E-state index contributed by atoms with van der Waals surface area (Å²) in [6, 6.07) is 0. The third-order valence-electron chi connectivity index (χ3n) is 1.80. The Morgan fingerprint density at radius 3 is 2.62 bits per heavy atom. The Morgan fingerprint density at radius 1 is 1.54 bits per heavy atom. The number of hydrogen-bond donors (Lipinski definition) is 0. The Labute approximate surface area is 88.8 Å². The van der Waals surface area contributed by atoms with Crippen molar-refractivity contribution in [2.75, 3.05) is 17.5 Å². The highest BCUT2D eigenvalue weighted by molar-refractivity contribution is 8.41. The summed E-state index contributed by atoms with van der Waals surface area (Å²) in [5, 5.41) is 2.65. The second-order valence-electron chi connectivity index (χ2n) is 2.51. The molecule has 1 rings (SSSR count). The molecular formula is C8H10Cl2O2S. The average Bonchev–Trinajstić information content (AvgIpc) is 2.60. The van der Waals surface area contributed by atoms with E-state index in [1.165, 1.54) is 7.11 Å². The van der Waals surface area contributed by atoms with Crippen molar-refractivity contribution in [3.63, 3.8) is 0 Å². The zero-order chi connectivity index (χ0) is 9.90. The first-order valence-corrected chi connectivity index (χ1v) is 6.68. The van der Waals surface area contributed by atoms with Gasteiger partial charge in [-0.3, -0.25) is 0 Å². The molecule has 0 radical (unpaired) electrons. The number of carbonyl (C=O) groups is 1. The van der Waals surface area contributed by atoms with Gasteiger partial charge in [-0.25, -0.2) is 4.79 Å². The van der Waals surface area contributed by atoms with Gasteiger partial charge in [0, 0.05) is 0 Å². The molecule has 13 heavy (non-hydrogen) atoms. The van der Waals surface area contributed by atoms with E-state index in [1.54, 1.807) is 6.08 Å². The van der Waals surface area contributed by atoms with Crippen molar-refractivity contribution in [1.82, 2.24) is 0 Å². The van der Waals surface area contributed by atoms with Crippen LogP contribution in [0.25, 0.3) is 0 Å². The molecule has 1 heterocycles. The van der Waals surface area contributed by atoms with Gasteiger partial charge in [-0.15, -0.1) is 23.2 Å². The van der Waals surface area contributed by atoms with Gasteiger partial charge in [-0.05, 0) is 11.5 Å². The van der Waals surface area contributed by atoms with Crippen LogP contribution in [0.15, 0.2) is 22.5 Å². The molecule has 2 nitrogen and oxygen atoms in total. The largest absolute Gasteiger partial charge is 0.465 e. The quantitative estimate of drug-likeness (QED) is 0.561. The highest BCUT2D eigenvalue weighted by Crippen LogP contribution is 2.61. The number of allylic oxidation sites excluding steroid dienone is 2. The molecule has 0 amide bonds. The van der Waals surface area contributed by atoms with E-state index in [9.17, 15) is 4.79 Å². The molecule has 0 aromatic rings. The monoisotopic (exact) mass is 240 g/mol. The van der Waals surface area contributed by atoms with Crippen molar-refractivity contribution in [3.8, 4) is 0 Å². The number of methoxy groups -OCH3 is 1. The first-order chi connectivity index (χ1) is 6.20. The third kappa shape index (κ3) is 1.87. The van der Waals surface area contributed by atoms with Gasteiger partial charge < -0.3 is 4.74 Å². The van der Waals surface area contributed by atoms with Crippen LogP contribution in [0.3, 0.4) is 0 Å². The van der Waals surface area contributed by atoms with Crippen molar-refractivity contribution < 1.29 is 9.53 Å². The lowest BCUT2D eigenvalue weighted by Gasteiger charge is -2.30. The van der Waals surface area contributed by atoms with Crippen molar-refractivity contribution in [2.45, 2.75) is 0 Å². The Kier molecular flexibility index (Phi) is 3.71. The molecule has 0 bridgehead atoms. The lowest BCUT2D eigenvalue weighted by molar-refractivity contribution is -0.135. The van der Waals surface area contributed by atoms with Gasteiger partial charge in [0.2, 0.25) is 0 Å². The van der Waals surface area contributed by atoms with E-state index in [0.717, 1.165) is 0 Å². The molecule has 0 spiro atoms. The number of alkyl halides is 2.